The number of thiazole rings is 1. The number of aromatic nitrogens is 1. The number of benzene rings is 1. The molecule has 1 aromatic heterocycles. The second-order valence-corrected chi connectivity index (χ2v) is 6.68. The quantitative estimate of drug-likeness (QED) is 0.822. The van der Waals surface area contributed by atoms with E-state index >= 15 is 0 Å². The molecule has 19 heavy (non-hydrogen) atoms. The van der Waals surface area contributed by atoms with E-state index in [-0.39, 0.29) is 16.4 Å². The zero-order chi connectivity index (χ0) is 14.0. The Bertz CT molecular complexity index is 751. The van der Waals surface area contributed by atoms with Gasteiger partial charge < -0.3 is 0 Å². The summed E-state index contributed by atoms with van der Waals surface area (Å²) in [7, 11) is -3.28. The van der Waals surface area contributed by atoms with Gasteiger partial charge in [-0.1, -0.05) is 11.3 Å². The lowest BCUT2D eigenvalue weighted by Gasteiger charge is -1.96. The van der Waals surface area contributed by atoms with E-state index in [9.17, 15) is 18.0 Å². The monoisotopic (exact) mass is 299 g/mol. The first-order valence-corrected chi connectivity index (χ1v) is 7.73. The number of amides is 3. The number of urea groups is 1. The molecule has 100 valence electrons. The number of anilines is 1. The van der Waals surface area contributed by atoms with Crippen molar-refractivity contribution in [2.75, 3.05) is 11.6 Å². The lowest BCUT2D eigenvalue weighted by molar-refractivity contribution is -0.108. The van der Waals surface area contributed by atoms with Gasteiger partial charge in [-0.15, -0.1) is 0 Å². The van der Waals surface area contributed by atoms with E-state index in [0.29, 0.717) is 10.2 Å². The highest BCUT2D eigenvalue weighted by Crippen LogP contribution is 2.28. The van der Waals surface area contributed by atoms with Gasteiger partial charge in [0.05, 0.1) is 15.1 Å². The zero-order valence-corrected chi connectivity index (χ0v) is 11.3. The Morgan fingerprint density at radius 1 is 1.42 bits per heavy atom. The molecule has 3 amide bonds. The number of sulfone groups is 1. The summed E-state index contributed by atoms with van der Waals surface area (Å²) in [6.07, 6.45) is 1.37. The topological polar surface area (TPSA) is 105 Å². The second kappa shape index (κ2) is 4.94. The van der Waals surface area contributed by atoms with E-state index in [4.69, 9.17) is 0 Å². The van der Waals surface area contributed by atoms with Crippen LogP contribution in [0.4, 0.5) is 9.93 Å². The Balaban J connectivity index is 2.36. The maximum Gasteiger partial charge on any atom is 0.327 e. The van der Waals surface area contributed by atoms with Crippen LogP contribution in [-0.4, -0.2) is 32.1 Å². The zero-order valence-electron chi connectivity index (χ0n) is 9.71. The molecule has 0 bridgehead atoms. The highest BCUT2D eigenvalue weighted by molar-refractivity contribution is 7.90. The minimum atomic E-state index is -3.28. The molecule has 2 aromatic rings. The van der Waals surface area contributed by atoms with E-state index in [0.717, 1.165) is 17.6 Å². The van der Waals surface area contributed by atoms with Gasteiger partial charge in [0.15, 0.2) is 15.0 Å². The van der Waals surface area contributed by atoms with Crippen molar-refractivity contribution < 1.29 is 18.0 Å². The van der Waals surface area contributed by atoms with Crippen molar-refractivity contribution >= 4 is 49.0 Å². The summed E-state index contributed by atoms with van der Waals surface area (Å²) in [5, 5.41) is 4.56. The summed E-state index contributed by atoms with van der Waals surface area (Å²) in [4.78, 5) is 25.5. The molecule has 0 unspecified atom stereocenters. The standard InChI is InChI=1S/C10H9N3O4S2/c1-19(16,17)6-2-3-7-8(4-6)18-10(12-7)13-9(15)11-5-14/h2-5H,1H3,(H2,11,12,13,14,15). The summed E-state index contributed by atoms with van der Waals surface area (Å²) >= 11 is 1.12. The number of carbonyl (C=O) groups excluding carboxylic acids is 2. The Hall–Kier alpha value is -2.00. The van der Waals surface area contributed by atoms with Crippen molar-refractivity contribution in [1.82, 2.24) is 10.3 Å². The number of hydrogen-bond donors (Lipinski definition) is 2. The first kappa shape index (κ1) is 13.4. The Kier molecular flexibility index (Phi) is 3.49. The van der Waals surface area contributed by atoms with Crippen LogP contribution in [0.1, 0.15) is 0 Å². The van der Waals surface area contributed by atoms with Gasteiger partial charge in [0.2, 0.25) is 6.41 Å². The average molecular weight is 299 g/mol. The van der Waals surface area contributed by atoms with Gasteiger partial charge in [-0.3, -0.25) is 15.4 Å². The van der Waals surface area contributed by atoms with E-state index in [1.807, 2.05) is 5.32 Å². The van der Waals surface area contributed by atoms with Gasteiger partial charge >= 0.3 is 6.03 Å². The van der Waals surface area contributed by atoms with Gasteiger partial charge in [0.25, 0.3) is 0 Å². The van der Waals surface area contributed by atoms with Crippen LogP contribution in [0.3, 0.4) is 0 Å². The molecule has 1 aromatic carbocycles. The summed E-state index contributed by atoms with van der Waals surface area (Å²) < 4.78 is 23.5. The molecule has 0 fully saturated rings. The highest BCUT2D eigenvalue weighted by atomic mass is 32.2. The van der Waals surface area contributed by atoms with E-state index < -0.39 is 15.9 Å². The molecule has 0 saturated carbocycles. The van der Waals surface area contributed by atoms with Crippen LogP contribution in [0.2, 0.25) is 0 Å². The molecule has 0 atom stereocenters. The molecule has 0 aliphatic heterocycles. The fourth-order valence-electron chi connectivity index (χ4n) is 1.38. The lowest BCUT2D eigenvalue weighted by atomic mass is 10.3. The van der Waals surface area contributed by atoms with Crippen molar-refractivity contribution in [1.29, 1.82) is 0 Å². The number of imide groups is 1. The van der Waals surface area contributed by atoms with Crippen LogP contribution in [0.15, 0.2) is 23.1 Å². The van der Waals surface area contributed by atoms with E-state index in [1.165, 1.54) is 12.1 Å². The number of carbonyl (C=O) groups is 2. The lowest BCUT2D eigenvalue weighted by Crippen LogP contribution is -2.26. The second-order valence-electron chi connectivity index (χ2n) is 3.64. The number of nitrogens with one attached hydrogen (secondary N) is 2. The summed E-state index contributed by atoms with van der Waals surface area (Å²) in [6, 6.07) is 3.81. The van der Waals surface area contributed by atoms with Crippen molar-refractivity contribution in [2.24, 2.45) is 0 Å². The molecule has 0 saturated heterocycles. The van der Waals surface area contributed by atoms with Crippen molar-refractivity contribution in [3.05, 3.63) is 18.2 Å². The Morgan fingerprint density at radius 2 is 2.16 bits per heavy atom. The maximum absolute atomic E-state index is 11.4. The third-order valence-corrected chi connectivity index (χ3v) is 4.24. The molecule has 2 rings (SSSR count). The molecule has 2 N–H and O–H groups in total. The summed E-state index contributed by atoms with van der Waals surface area (Å²) in [5.74, 6) is 0. The van der Waals surface area contributed by atoms with Gasteiger partial charge in [-0.05, 0) is 18.2 Å². The molecule has 0 aliphatic carbocycles. The highest BCUT2D eigenvalue weighted by Gasteiger charge is 2.11. The van der Waals surface area contributed by atoms with Gasteiger partial charge in [0, 0.05) is 6.26 Å². The third-order valence-electron chi connectivity index (χ3n) is 2.20. The predicted molar refractivity (Wildman–Crippen MR) is 70.9 cm³/mol. The maximum atomic E-state index is 11.4. The Morgan fingerprint density at radius 3 is 2.79 bits per heavy atom. The molecule has 0 spiro atoms. The van der Waals surface area contributed by atoms with Crippen molar-refractivity contribution in [2.45, 2.75) is 4.90 Å². The summed E-state index contributed by atoms with van der Waals surface area (Å²) in [5.41, 5.74) is 0.568. The van der Waals surface area contributed by atoms with Crippen LogP contribution < -0.4 is 10.6 Å². The Labute approximate surface area is 112 Å². The molecule has 9 heteroatoms. The van der Waals surface area contributed by atoms with Crippen LogP contribution in [-0.2, 0) is 14.6 Å². The molecular weight excluding hydrogens is 290 g/mol. The van der Waals surface area contributed by atoms with Gasteiger partial charge in [-0.2, -0.15) is 0 Å². The smallest absolute Gasteiger partial charge is 0.283 e. The van der Waals surface area contributed by atoms with E-state index in [1.54, 1.807) is 6.07 Å². The predicted octanol–water partition coefficient (Wildman–Crippen LogP) is 0.978. The number of fused-ring (bicyclic) bond motifs is 1. The first-order chi connectivity index (χ1) is 8.90. The minimum absolute atomic E-state index is 0.188. The van der Waals surface area contributed by atoms with Gasteiger partial charge in [0.1, 0.15) is 0 Å². The molecule has 0 aliphatic rings. The first-order valence-electron chi connectivity index (χ1n) is 5.02. The fourth-order valence-corrected chi connectivity index (χ4v) is 3.00. The SMILES string of the molecule is CS(=O)(=O)c1ccc2nc(NC(=O)NC=O)sc2c1. The number of nitrogens with zero attached hydrogens (tertiary/aromatic N) is 1. The third kappa shape index (κ3) is 3.06. The minimum Gasteiger partial charge on any atom is -0.283 e. The van der Waals surface area contributed by atoms with Crippen LogP contribution in [0.5, 0.6) is 0 Å². The average Bonchev–Trinajstić information content (AvgIpc) is 2.68. The fraction of sp³-hybridized carbons (Fsp3) is 0.100. The molecule has 7 nitrogen and oxygen atoms in total. The van der Waals surface area contributed by atoms with Crippen molar-refractivity contribution in [3.63, 3.8) is 0 Å². The summed E-state index contributed by atoms with van der Waals surface area (Å²) in [6.45, 7) is 0. The molecular formula is C10H9N3O4S2. The van der Waals surface area contributed by atoms with Crippen LogP contribution in [0.25, 0.3) is 10.2 Å². The number of rotatable bonds is 3. The van der Waals surface area contributed by atoms with E-state index in [2.05, 4.69) is 10.3 Å². The van der Waals surface area contributed by atoms with Crippen molar-refractivity contribution in [3.8, 4) is 0 Å². The largest absolute Gasteiger partial charge is 0.327 e. The van der Waals surface area contributed by atoms with Crippen LogP contribution >= 0.6 is 11.3 Å². The number of hydrogen-bond acceptors (Lipinski definition) is 6. The van der Waals surface area contributed by atoms with Gasteiger partial charge in [-0.25, -0.2) is 18.2 Å². The normalized spacial score (nSPS) is 11.2. The molecule has 1 heterocycles. The molecule has 0 radical (unpaired) electrons. The van der Waals surface area contributed by atoms with Crippen LogP contribution in [0, 0.1) is 0 Å².